The normalized spacial score (nSPS) is 10.1. The van der Waals surface area contributed by atoms with Gasteiger partial charge < -0.3 is 10.6 Å². The summed E-state index contributed by atoms with van der Waals surface area (Å²) < 4.78 is 1.01. The topological polar surface area (TPSA) is 54.0 Å². The van der Waals surface area contributed by atoms with Crippen molar-refractivity contribution in [3.63, 3.8) is 0 Å². The van der Waals surface area contributed by atoms with Crippen LogP contribution in [0.1, 0.15) is 10.5 Å². The monoisotopic (exact) mass is 367 g/mol. The predicted octanol–water partition coefficient (Wildman–Crippen LogP) is 4.84. The van der Waals surface area contributed by atoms with Gasteiger partial charge >= 0.3 is 0 Å². The SMILES string of the molecule is O=C(Nc1ccccc1)c1cc(Nc2ccc(Br)cc2)ccn1. The van der Waals surface area contributed by atoms with E-state index in [1.54, 1.807) is 12.3 Å². The smallest absolute Gasteiger partial charge is 0.274 e. The fourth-order valence-corrected chi connectivity index (χ4v) is 2.31. The lowest BCUT2D eigenvalue weighted by Gasteiger charge is -2.08. The molecule has 0 fully saturated rings. The van der Waals surface area contributed by atoms with E-state index < -0.39 is 0 Å². The molecule has 5 heteroatoms. The summed E-state index contributed by atoms with van der Waals surface area (Å²) >= 11 is 3.40. The van der Waals surface area contributed by atoms with Crippen molar-refractivity contribution in [3.05, 3.63) is 83.1 Å². The molecule has 2 N–H and O–H groups in total. The zero-order valence-electron chi connectivity index (χ0n) is 12.2. The van der Waals surface area contributed by atoms with Crippen molar-refractivity contribution in [3.8, 4) is 0 Å². The molecule has 0 bridgehead atoms. The number of benzene rings is 2. The number of hydrogen-bond acceptors (Lipinski definition) is 3. The van der Waals surface area contributed by atoms with E-state index in [0.29, 0.717) is 5.69 Å². The second kappa shape index (κ2) is 7.07. The van der Waals surface area contributed by atoms with Gasteiger partial charge in [-0.1, -0.05) is 34.1 Å². The molecule has 0 saturated carbocycles. The molecule has 2 aromatic carbocycles. The third kappa shape index (κ3) is 4.17. The van der Waals surface area contributed by atoms with Crippen LogP contribution in [0.5, 0.6) is 0 Å². The van der Waals surface area contributed by atoms with Gasteiger partial charge in [0.15, 0.2) is 0 Å². The minimum atomic E-state index is -0.240. The second-order valence-electron chi connectivity index (χ2n) is 4.88. The van der Waals surface area contributed by atoms with Crippen LogP contribution < -0.4 is 10.6 Å². The van der Waals surface area contributed by atoms with Gasteiger partial charge in [0, 0.05) is 27.7 Å². The number of carbonyl (C=O) groups is 1. The summed E-state index contributed by atoms with van der Waals surface area (Å²) in [4.78, 5) is 16.4. The summed E-state index contributed by atoms with van der Waals surface area (Å²) in [6.45, 7) is 0. The molecule has 1 heterocycles. The van der Waals surface area contributed by atoms with E-state index in [4.69, 9.17) is 0 Å². The number of hydrogen-bond donors (Lipinski definition) is 2. The third-order valence-electron chi connectivity index (χ3n) is 3.16. The molecule has 0 aliphatic carbocycles. The van der Waals surface area contributed by atoms with Crippen molar-refractivity contribution in [1.82, 2.24) is 4.98 Å². The van der Waals surface area contributed by atoms with Crippen molar-refractivity contribution in [2.45, 2.75) is 0 Å². The number of aromatic nitrogens is 1. The Morgan fingerprint density at radius 3 is 2.35 bits per heavy atom. The first-order chi connectivity index (χ1) is 11.2. The maximum atomic E-state index is 12.3. The molecule has 3 aromatic rings. The van der Waals surface area contributed by atoms with E-state index in [1.165, 1.54) is 0 Å². The number of halogens is 1. The first-order valence-corrected chi connectivity index (χ1v) is 7.85. The molecule has 0 atom stereocenters. The molecular formula is C18H14BrN3O. The van der Waals surface area contributed by atoms with Gasteiger partial charge in [-0.15, -0.1) is 0 Å². The average molecular weight is 368 g/mol. The fourth-order valence-electron chi connectivity index (χ4n) is 2.05. The average Bonchev–Trinajstić information content (AvgIpc) is 2.58. The van der Waals surface area contributed by atoms with Crippen molar-refractivity contribution >= 4 is 38.9 Å². The number of carbonyl (C=O) groups excluding carboxylic acids is 1. The van der Waals surface area contributed by atoms with Crippen LogP contribution in [-0.2, 0) is 0 Å². The summed E-state index contributed by atoms with van der Waals surface area (Å²) in [6.07, 6.45) is 1.61. The van der Waals surface area contributed by atoms with E-state index in [2.05, 4.69) is 31.5 Å². The summed E-state index contributed by atoms with van der Waals surface area (Å²) in [6, 6.07) is 20.7. The number of nitrogens with zero attached hydrogens (tertiary/aromatic N) is 1. The minimum Gasteiger partial charge on any atom is -0.355 e. The second-order valence-corrected chi connectivity index (χ2v) is 5.80. The Bertz CT molecular complexity index is 804. The number of pyridine rings is 1. The van der Waals surface area contributed by atoms with Crippen LogP contribution in [0.15, 0.2) is 77.4 Å². The Morgan fingerprint density at radius 1 is 0.870 bits per heavy atom. The zero-order chi connectivity index (χ0) is 16.1. The van der Waals surface area contributed by atoms with Crippen LogP contribution in [0, 0.1) is 0 Å². The van der Waals surface area contributed by atoms with Crippen molar-refractivity contribution in [2.24, 2.45) is 0 Å². The highest BCUT2D eigenvalue weighted by atomic mass is 79.9. The van der Waals surface area contributed by atoms with Gasteiger partial charge in [-0.3, -0.25) is 9.78 Å². The molecule has 1 amide bonds. The van der Waals surface area contributed by atoms with Gasteiger partial charge in [-0.05, 0) is 48.5 Å². The van der Waals surface area contributed by atoms with Crippen LogP contribution in [0.3, 0.4) is 0 Å². The number of amides is 1. The van der Waals surface area contributed by atoms with E-state index >= 15 is 0 Å². The largest absolute Gasteiger partial charge is 0.355 e. The standard InChI is InChI=1S/C18H14BrN3O/c19-13-6-8-15(9-7-13)21-16-10-11-20-17(12-16)18(23)22-14-4-2-1-3-5-14/h1-12H,(H,20,21)(H,22,23). The van der Waals surface area contributed by atoms with Crippen LogP contribution in [0.25, 0.3) is 0 Å². The number of para-hydroxylation sites is 1. The lowest BCUT2D eigenvalue weighted by atomic mass is 10.2. The first-order valence-electron chi connectivity index (χ1n) is 7.06. The quantitative estimate of drug-likeness (QED) is 0.693. The molecule has 114 valence electrons. The number of anilines is 3. The Balaban J connectivity index is 1.74. The van der Waals surface area contributed by atoms with Crippen LogP contribution in [0.2, 0.25) is 0 Å². The molecular weight excluding hydrogens is 354 g/mol. The minimum absolute atomic E-state index is 0.240. The van der Waals surface area contributed by atoms with Crippen LogP contribution in [-0.4, -0.2) is 10.9 Å². The highest BCUT2D eigenvalue weighted by molar-refractivity contribution is 9.10. The van der Waals surface area contributed by atoms with E-state index in [0.717, 1.165) is 21.5 Å². The predicted molar refractivity (Wildman–Crippen MR) is 96.1 cm³/mol. The summed E-state index contributed by atoms with van der Waals surface area (Å²) in [7, 11) is 0. The van der Waals surface area contributed by atoms with Crippen LogP contribution in [0.4, 0.5) is 17.1 Å². The summed E-state index contributed by atoms with van der Waals surface area (Å²) in [5.41, 5.74) is 2.84. The maximum absolute atomic E-state index is 12.3. The Morgan fingerprint density at radius 2 is 1.61 bits per heavy atom. The molecule has 0 radical (unpaired) electrons. The summed E-state index contributed by atoms with van der Waals surface area (Å²) in [5, 5.41) is 6.07. The van der Waals surface area contributed by atoms with E-state index in [-0.39, 0.29) is 5.91 Å². The Kier molecular flexibility index (Phi) is 4.68. The van der Waals surface area contributed by atoms with Crippen molar-refractivity contribution in [1.29, 1.82) is 0 Å². The highest BCUT2D eigenvalue weighted by Crippen LogP contribution is 2.19. The van der Waals surface area contributed by atoms with E-state index in [9.17, 15) is 4.79 Å². The molecule has 23 heavy (non-hydrogen) atoms. The Hall–Kier alpha value is -2.66. The van der Waals surface area contributed by atoms with Crippen LogP contribution >= 0.6 is 15.9 Å². The van der Waals surface area contributed by atoms with Crippen molar-refractivity contribution < 1.29 is 4.79 Å². The fraction of sp³-hybridized carbons (Fsp3) is 0. The van der Waals surface area contributed by atoms with Gasteiger partial charge in [0.25, 0.3) is 5.91 Å². The number of rotatable bonds is 4. The van der Waals surface area contributed by atoms with Gasteiger partial charge in [0.1, 0.15) is 5.69 Å². The molecule has 0 unspecified atom stereocenters. The molecule has 0 aliphatic heterocycles. The van der Waals surface area contributed by atoms with Gasteiger partial charge in [-0.25, -0.2) is 0 Å². The highest BCUT2D eigenvalue weighted by Gasteiger charge is 2.08. The Labute approximate surface area is 142 Å². The van der Waals surface area contributed by atoms with Gasteiger partial charge in [0.2, 0.25) is 0 Å². The van der Waals surface area contributed by atoms with Gasteiger partial charge in [0.05, 0.1) is 0 Å². The molecule has 0 spiro atoms. The first kappa shape index (κ1) is 15.2. The third-order valence-corrected chi connectivity index (χ3v) is 3.69. The molecule has 1 aromatic heterocycles. The molecule has 4 nitrogen and oxygen atoms in total. The molecule has 0 saturated heterocycles. The zero-order valence-corrected chi connectivity index (χ0v) is 13.7. The summed E-state index contributed by atoms with van der Waals surface area (Å²) in [5.74, 6) is -0.240. The molecule has 3 rings (SSSR count). The van der Waals surface area contributed by atoms with E-state index in [1.807, 2.05) is 60.7 Å². The maximum Gasteiger partial charge on any atom is 0.274 e. The lowest BCUT2D eigenvalue weighted by molar-refractivity contribution is 0.102. The van der Waals surface area contributed by atoms with Gasteiger partial charge in [-0.2, -0.15) is 0 Å². The number of nitrogens with one attached hydrogen (secondary N) is 2. The molecule has 0 aliphatic rings. The van der Waals surface area contributed by atoms with Crippen molar-refractivity contribution in [2.75, 3.05) is 10.6 Å². The lowest BCUT2D eigenvalue weighted by Crippen LogP contribution is -2.13.